The van der Waals surface area contributed by atoms with E-state index in [9.17, 15) is 13.5 Å². The number of fused-ring (bicyclic) bond motifs is 2. The summed E-state index contributed by atoms with van der Waals surface area (Å²) in [6.07, 6.45) is 0. The number of phenolic OH excluding ortho intramolecular Hbond substituents is 1. The second-order valence-corrected chi connectivity index (χ2v) is 9.46. The van der Waals surface area contributed by atoms with E-state index in [1.807, 2.05) is 30.3 Å². The van der Waals surface area contributed by atoms with Crippen molar-refractivity contribution in [2.24, 2.45) is 0 Å². The van der Waals surface area contributed by atoms with Crippen LogP contribution >= 0.6 is 0 Å². The van der Waals surface area contributed by atoms with Crippen LogP contribution in [0.2, 0.25) is 0 Å². The Kier molecular flexibility index (Phi) is 4.77. The first-order valence-electron chi connectivity index (χ1n) is 9.83. The molecule has 0 saturated carbocycles. The minimum atomic E-state index is -3.55. The molecule has 8 heteroatoms. The Morgan fingerprint density at radius 1 is 0.867 bits per heavy atom. The maximum absolute atomic E-state index is 13.1. The fourth-order valence-corrected chi connectivity index (χ4v) is 5.40. The third kappa shape index (κ3) is 3.47. The lowest BCUT2D eigenvalue weighted by Gasteiger charge is -2.34. The zero-order chi connectivity index (χ0) is 20.7. The van der Waals surface area contributed by atoms with E-state index in [1.165, 1.54) is 4.31 Å². The molecular formula is C22H22N2O5S. The Morgan fingerprint density at radius 3 is 2.33 bits per heavy atom. The molecule has 0 spiro atoms. The second-order valence-electron chi connectivity index (χ2n) is 7.52. The van der Waals surface area contributed by atoms with Gasteiger partial charge in [-0.05, 0) is 29.0 Å². The quantitative estimate of drug-likeness (QED) is 0.691. The molecule has 3 aromatic rings. The van der Waals surface area contributed by atoms with Crippen LogP contribution in [0.15, 0.2) is 59.5 Å². The zero-order valence-electron chi connectivity index (χ0n) is 16.3. The van der Waals surface area contributed by atoms with Crippen molar-refractivity contribution in [2.75, 3.05) is 33.0 Å². The Labute approximate surface area is 175 Å². The molecule has 0 unspecified atom stereocenters. The molecule has 7 nitrogen and oxygen atoms in total. The van der Waals surface area contributed by atoms with Crippen LogP contribution in [-0.2, 0) is 16.6 Å². The lowest BCUT2D eigenvalue weighted by atomic mass is 10.1. The molecule has 2 heterocycles. The number of sulfonamides is 1. The molecule has 0 atom stereocenters. The summed E-state index contributed by atoms with van der Waals surface area (Å²) in [6.45, 7) is 2.65. The molecule has 0 amide bonds. The van der Waals surface area contributed by atoms with Gasteiger partial charge in [0.1, 0.15) is 5.75 Å². The maximum Gasteiger partial charge on any atom is 0.243 e. The fourth-order valence-electron chi connectivity index (χ4n) is 3.95. The molecule has 0 radical (unpaired) electrons. The number of phenols is 1. The summed E-state index contributed by atoms with van der Waals surface area (Å²) < 4.78 is 38.4. The SMILES string of the molecule is O=S(=O)(c1ccc2ccccc2c1)N1CCN(Cc2cc3c(cc2O)OCO3)CC1. The van der Waals surface area contributed by atoms with Gasteiger partial charge in [0.05, 0.1) is 4.90 Å². The van der Waals surface area contributed by atoms with Crippen molar-refractivity contribution in [3.8, 4) is 17.2 Å². The van der Waals surface area contributed by atoms with E-state index in [4.69, 9.17) is 9.47 Å². The largest absolute Gasteiger partial charge is 0.507 e. The van der Waals surface area contributed by atoms with Crippen molar-refractivity contribution in [3.63, 3.8) is 0 Å². The fraction of sp³-hybridized carbons (Fsp3) is 0.273. The summed E-state index contributed by atoms with van der Waals surface area (Å²) in [5, 5.41) is 12.2. The Morgan fingerprint density at radius 2 is 1.57 bits per heavy atom. The summed E-state index contributed by atoms with van der Waals surface area (Å²) in [7, 11) is -3.55. The smallest absolute Gasteiger partial charge is 0.243 e. The molecule has 1 fully saturated rings. The highest BCUT2D eigenvalue weighted by Crippen LogP contribution is 2.38. The van der Waals surface area contributed by atoms with Crippen LogP contribution in [0.25, 0.3) is 10.8 Å². The highest BCUT2D eigenvalue weighted by Gasteiger charge is 2.29. The van der Waals surface area contributed by atoms with Gasteiger partial charge in [-0.3, -0.25) is 4.90 Å². The molecule has 30 heavy (non-hydrogen) atoms. The highest BCUT2D eigenvalue weighted by atomic mass is 32.2. The van der Waals surface area contributed by atoms with Gasteiger partial charge in [0, 0.05) is 44.4 Å². The van der Waals surface area contributed by atoms with Crippen molar-refractivity contribution < 1.29 is 23.0 Å². The van der Waals surface area contributed by atoms with Crippen LogP contribution in [0, 0.1) is 0 Å². The van der Waals surface area contributed by atoms with Crippen LogP contribution < -0.4 is 9.47 Å². The molecule has 1 saturated heterocycles. The predicted octanol–water partition coefficient (Wildman–Crippen LogP) is 2.78. The van der Waals surface area contributed by atoms with Gasteiger partial charge in [0.15, 0.2) is 11.5 Å². The van der Waals surface area contributed by atoms with Gasteiger partial charge in [0.2, 0.25) is 16.8 Å². The van der Waals surface area contributed by atoms with E-state index >= 15 is 0 Å². The van der Waals surface area contributed by atoms with Crippen LogP contribution in [0.1, 0.15) is 5.56 Å². The van der Waals surface area contributed by atoms with Crippen molar-refractivity contribution in [3.05, 3.63) is 60.2 Å². The van der Waals surface area contributed by atoms with Crippen molar-refractivity contribution >= 4 is 20.8 Å². The highest BCUT2D eigenvalue weighted by molar-refractivity contribution is 7.89. The van der Waals surface area contributed by atoms with Gasteiger partial charge >= 0.3 is 0 Å². The Balaban J connectivity index is 1.28. The molecule has 5 rings (SSSR count). The van der Waals surface area contributed by atoms with E-state index in [-0.39, 0.29) is 12.5 Å². The molecule has 156 valence electrons. The molecule has 0 aromatic heterocycles. The minimum Gasteiger partial charge on any atom is -0.507 e. The third-order valence-corrected chi connectivity index (χ3v) is 7.55. The number of hydrogen-bond acceptors (Lipinski definition) is 6. The zero-order valence-corrected chi connectivity index (χ0v) is 17.1. The lowest BCUT2D eigenvalue weighted by molar-refractivity contribution is 0.173. The first-order chi connectivity index (χ1) is 14.5. The van der Waals surface area contributed by atoms with Gasteiger partial charge in [-0.15, -0.1) is 0 Å². The minimum absolute atomic E-state index is 0.156. The number of benzene rings is 3. The van der Waals surface area contributed by atoms with Crippen molar-refractivity contribution in [1.29, 1.82) is 0 Å². The van der Waals surface area contributed by atoms with E-state index < -0.39 is 10.0 Å². The average Bonchev–Trinajstić information content (AvgIpc) is 3.21. The van der Waals surface area contributed by atoms with Crippen LogP contribution in [-0.4, -0.2) is 55.7 Å². The van der Waals surface area contributed by atoms with E-state index in [1.54, 1.807) is 24.3 Å². The Hall–Kier alpha value is -2.81. The van der Waals surface area contributed by atoms with Gasteiger partial charge < -0.3 is 14.6 Å². The summed E-state index contributed by atoms with van der Waals surface area (Å²) >= 11 is 0. The number of ether oxygens (including phenoxy) is 2. The number of hydrogen-bond donors (Lipinski definition) is 1. The normalized spacial score (nSPS) is 17.5. The molecule has 0 aliphatic carbocycles. The van der Waals surface area contributed by atoms with Crippen molar-refractivity contribution in [1.82, 2.24) is 9.21 Å². The maximum atomic E-state index is 13.1. The van der Waals surface area contributed by atoms with Gasteiger partial charge in [0.25, 0.3) is 0 Å². The molecule has 0 bridgehead atoms. The molecule has 1 N–H and O–H groups in total. The molecular weight excluding hydrogens is 404 g/mol. The van der Waals surface area contributed by atoms with Crippen molar-refractivity contribution in [2.45, 2.75) is 11.4 Å². The van der Waals surface area contributed by atoms with Crippen LogP contribution in [0.3, 0.4) is 0 Å². The van der Waals surface area contributed by atoms with Crippen LogP contribution in [0.4, 0.5) is 0 Å². The summed E-state index contributed by atoms with van der Waals surface area (Å²) in [5.41, 5.74) is 0.741. The predicted molar refractivity (Wildman–Crippen MR) is 112 cm³/mol. The van der Waals surface area contributed by atoms with E-state index in [0.717, 1.165) is 16.3 Å². The number of piperazine rings is 1. The monoisotopic (exact) mass is 426 g/mol. The first kappa shape index (κ1) is 19.2. The number of aromatic hydroxyl groups is 1. The van der Waals surface area contributed by atoms with Gasteiger partial charge in [-0.1, -0.05) is 30.3 Å². The molecule has 3 aromatic carbocycles. The first-order valence-corrected chi connectivity index (χ1v) is 11.3. The van der Waals surface area contributed by atoms with E-state index in [0.29, 0.717) is 49.1 Å². The topological polar surface area (TPSA) is 79.3 Å². The Bertz CT molecular complexity index is 1200. The number of rotatable bonds is 4. The third-order valence-electron chi connectivity index (χ3n) is 5.66. The standard InChI is InChI=1S/C22H22N2O5S/c25-20-13-22-21(28-15-29-22)12-18(20)14-23-7-9-24(10-8-23)30(26,27)19-6-5-16-3-1-2-4-17(16)11-19/h1-6,11-13,25H,7-10,14-15H2. The second kappa shape index (κ2) is 7.46. The molecule has 2 aliphatic heterocycles. The summed E-state index contributed by atoms with van der Waals surface area (Å²) in [5.74, 6) is 1.33. The summed E-state index contributed by atoms with van der Waals surface area (Å²) in [4.78, 5) is 2.45. The molecule has 2 aliphatic rings. The average molecular weight is 426 g/mol. The number of nitrogens with zero attached hydrogens (tertiary/aromatic N) is 2. The summed E-state index contributed by atoms with van der Waals surface area (Å²) in [6, 6.07) is 16.3. The van der Waals surface area contributed by atoms with Gasteiger partial charge in [-0.2, -0.15) is 4.31 Å². The van der Waals surface area contributed by atoms with Gasteiger partial charge in [-0.25, -0.2) is 8.42 Å². The van der Waals surface area contributed by atoms with E-state index in [2.05, 4.69) is 4.90 Å². The van der Waals surface area contributed by atoms with Crippen LogP contribution in [0.5, 0.6) is 17.2 Å². The lowest BCUT2D eigenvalue weighted by Crippen LogP contribution is -2.48.